The summed E-state index contributed by atoms with van der Waals surface area (Å²) in [4.78, 5) is 88.1. The third-order valence-electron chi connectivity index (χ3n) is 10.6. The minimum Gasteiger partial charge on any atom is -0.346 e. The highest BCUT2D eigenvalue weighted by atomic mass is 32.1. The van der Waals surface area contributed by atoms with Crippen LogP contribution in [0, 0.1) is 28.6 Å². The van der Waals surface area contributed by atoms with Gasteiger partial charge < -0.3 is 26.2 Å². The average molecular weight is 727 g/mol. The van der Waals surface area contributed by atoms with E-state index in [4.69, 9.17) is 0 Å². The smallest absolute Gasteiger partial charge is 0.289 e. The number of aromatic nitrogens is 1. The Morgan fingerprint density at radius 2 is 1.71 bits per heavy atom. The summed E-state index contributed by atoms with van der Waals surface area (Å²) >= 11 is 1.19. The van der Waals surface area contributed by atoms with Crippen LogP contribution in [0.2, 0.25) is 0 Å². The van der Waals surface area contributed by atoms with Crippen molar-refractivity contribution in [2.24, 2.45) is 28.6 Å². The molecule has 1 aromatic rings. The molecule has 4 N–H and O–H groups in total. The van der Waals surface area contributed by atoms with Gasteiger partial charge in [0, 0.05) is 24.7 Å². The first-order valence-electron chi connectivity index (χ1n) is 18.6. The van der Waals surface area contributed by atoms with Crippen molar-refractivity contribution in [1.82, 2.24) is 31.2 Å². The number of ketones is 1. The maximum absolute atomic E-state index is 14.7. The lowest BCUT2D eigenvalue weighted by Gasteiger charge is -2.42. The van der Waals surface area contributed by atoms with Gasteiger partial charge >= 0.3 is 0 Å². The molecule has 2 saturated carbocycles. The van der Waals surface area contributed by atoms with E-state index in [0.29, 0.717) is 25.8 Å². The number of carbonyl (C=O) groups excluding carboxylic acids is 6. The molecule has 2 aliphatic carbocycles. The van der Waals surface area contributed by atoms with Gasteiger partial charge in [-0.25, -0.2) is 4.98 Å². The maximum atomic E-state index is 14.7. The average Bonchev–Trinajstić information content (AvgIpc) is 3.52. The van der Waals surface area contributed by atoms with E-state index in [1.165, 1.54) is 17.4 Å². The zero-order valence-electron chi connectivity index (χ0n) is 31.2. The molecule has 5 amide bonds. The van der Waals surface area contributed by atoms with Crippen molar-refractivity contribution in [2.45, 2.75) is 130 Å². The molecule has 1 unspecified atom stereocenters. The fourth-order valence-electron chi connectivity index (χ4n) is 7.67. The van der Waals surface area contributed by atoms with Crippen LogP contribution in [-0.4, -0.2) is 82.5 Å². The number of rotatable bonds is 16. The fourth-order valence-corrected chi connectivity index (χ4v) is 8.21. The van der Waals surface area contributed by atoms with Crippen molar-refractivity contribution < 1.29 is 28.8 Å². The summed E-state index contributed by atoms with van der Waals surface area (Å²) in [7, 11) is 0. The van der Waals surface area contributed by atoms with Crippen LogP contribution in [0.1, 0.15) is 116 Å². The van der Waals surface area contributed by atoms with Crippen molar-refractivity contribution in [3.63, 3.8) is 0 Å². The lowest BCUT2D eigenvalue weighted by Crippen LogP contribution is -2.63. The Morgan fingerprint density at radius 3 is 2.27 bits per heavy atom. The van der Waals surface area contributed by atoms with Crippen molar-refractivity contribution >= 4 is 46.7 Å². The molecular formula is C38H58N6O6S. The lowest BCUT2D eigenvalue weighted by atomic mass is 9.70. The summed E-state index contributed by atoms with van der Waals surface area (Å²) < 4.78 is 0. The lowest BCUT2D eigenvalue weighted by molar-refractivity contribution is -0.146. The molecule has 282 valence electrons. The second kappa shape index (κ2) is 17.3. The van der Waals surface area contributed by atoms with Crippen LogP contribution < -0.4 is 21.3 Å². The van der Waals surface area contributed by atoms with Crippen LogP contribution in [0.25, 0.3) is 0 Å². The second-order valence-electron chi connectivity index (χ2n) is 16.5. The number of thiazole rings is 1. The third kappa shape index (κ3) is 10.5. The molecule has 1 saturated heterocycles. The fraction of sp³-hybridized carbons (Fsp3) is 0.711. The van der Waals surface area contributed by atoms with Gasteiger partial charge in [0.1, 0.15) is 18.1 Å². The van der Waals surface area contributed by atoms with Gasteiger partial charge in [-0.15, -0.1) is 17.9 Å². The molecule has 0 radical (unpaired) electrons. The number of likely N-dealkylation sites (tertiary alicyclic amines) is 1. The highest BCUT2D eigenvalue weighted by Crippen LogP contribution is 2.40. The molecule has 13 heteroatoms. The van der Waals surface area contributed by atoms with Crippen LogP contribution in [0.15, 0.2) is 24.2 Å². The largest absolute Gasteiger partial charge is 0.346 e. The summed E-state index contributed by atoms with van der Waals surface area (Å²) in [5.74, 6) is -2.93. The molecule has 0 aromatic carbocycles. The van der Waals surface area contributed by atoms with Gasteiger partial charge in [-0.05, 0) is 60.7 Å². The highest BCUT2D eigenvalue weighted by molar-refractivity contribution is 7.11. The Labute approximate surface area is 306 Å². The standard InChI is InChI=1S/C38H58N6O6S/c1-8-17-39-32(47)28(45)26(22-24-12-13-24)41-31(46)27-25(21-23(2)3)14-19-44(27)36(50)30(37(4,5)6)43-33(48)29(38(7)15-10-9-11-16-38)42-34(49)35-40-18-20-51-35/h8,18,20,23-27,29-30H,1,9-17,19,21-22H2,2-7H3,(H,39,47)(H,41,46)(H,42,49)(H,43,48)/t25-,26?,27+,29-,30-/m1/s1. The van der Waals surface area contributed by atoms with Crippen LogP contribution in [0.5, 0.6) is 0 Å². The zero-order valence-corrected chi connectivity index (χ0v) is 32.0. The van der Waals surface area contributed by atoms with E-state index in [1.54, 1.807) is 16.5 Å². The number of nitrogens with one attached hydrogen (secondary N) is 4. The third-order valence-corrected chi connectivity index (χ3v) is 11.4. The Morgan fingerprint density at radius 1 is 1.02 bits per heavy atom. The number of carbonyl (C=O) groups is 6. The molecule has 1 aromatic heterocycles. The van der Waals surface area contributed by atoms with Gasteiger partial charge in [0.05, 0.1) is 6.04 Å². The SMILES string of the molecule is C=CCNC(=O)C(=O)C(CC1CC1)NC(=O)[C@@H]1[C@@H](CC(C)C)CCN1C(=O)[C@@H](NC(=O)[C@@H](NC(=O)c1nccs1)C1(C)CCCCC1)C(C)(C)C. The molecule has 3 fully saturated rings. The number of nitrogens with zero attached hydrogens (tertiary/aromatic N) is 2. The predicted molar refractivity (Wildman–Crippen MR) is 196 cm³/mol. The molecule has 0 spiro atoms. The van der Waals surface area contributed by atoms with Gasteiger partial charge in [0.25, 0.3) is 11.8 Å². The topological polar surface area (TPSA) is 167 Å². The van der Waals surface area contributed by atoms with Crippen LogP contribution >= 0.6 is 11.3 Å². The zero-order chi connectivity index (χ0) is 37.5. The van der Waals surface area contributed by atoms with Crippen molar-refractivity contribution in [3.05, 3.63) is 29.2 Å². The van der Waals surface area contributed by atoms with E-state index in [9.17, 15) is 28.8 Å². The summed E-state index contributed by atoms with van der Waals surface area (Å²) in [5, 5.41) is 13.4. The summed E-state index contributed by atoms with van der Waals surface area (Å²) in [6, 6.07) is -3.81. The Kier molecular flexibility index (Phi) is 13.6. The minimum atomic E-state index is -1.02. The molecule has 0 bridgehead atoms. The Bertz CT molecular complexity index is 1430. The van der Waals surface area contributed by atoms with Crippen molar-refractivity contribution in [3.8, 4) is 0 Å². The Hall–Kier alpha value is -3.61. The van der Waals surface area contributed by atoms with E-state index < -0.39 is 70.3 Å². The van der Waals surface area contributed by atoms with E-state index >= 15 is 0 Å². The van der Waals surface area contributed by atoms with E-state index in [0.717, 1.165) is 44.9 Å². The molecule has 3 aliphatic rings. The van der Waals surface area contributed by atoms with Gasteiger partial charge in [-0.2, -0.15) is 0 Å². The molecule has 5 atom stereocenters. The van der Waals surface area contributed by atoms with Gasteiger partial charge in [0.2, 0.25) is 23.5 Å². The number of hydrogen-bond acceptors (Lipinski definition) is 8. The molecule has 1 aliphatic heterocycles. The quantitative estimate of drug-likeness (QED) is 0.147. The molecule has 12 nitrogen and oxygen atoms in total. The normalized spacial score (nSPS) is 22.0. The first kappa shape index (κ1) is 40.2. The van der Waals surface area contributed by atoms with Crippen LogP contribution in [0.4, 0.5) is 0 Å². The maximum Gasteiger partial charge on any atom is 0.289 e. The van der Waals surface area contributed by atoms with Gasteiger partial charge in [-0.3, -0.25) is 28.8 Å². The van der Waals surface area contributed by atoms with Crippen molar-refractivity contribution in [1.29, 1.82) is 0 Å². The second-order valence-corrected chi connectivity index (χ2v) is 17.4. The monoisotopic (exact) mass is 726 g/mol. The summed E-state index contributed by atoms with van der Waals surface area (Å²) in [6.45, 7) is 15.8. The van der Waals surface area contributed by atoms with Gasteiger partial charge in [0.15, 0.2) is 5.01 Å². The summed E-state index contributed by atoms with van der Waals surface area (Å²) in [5.41, 5.74) is -1.28. The first-order valence-corrected chi connectivity index (χ1v) is 19.5. The Balaban J connectivity index is 1.60. The molecular weight excluding hydrogens is 669 g/mol. The van der Waals surface area contributed by atoms with Crippen LogP contribution in [-0.2, 0) is 24.0 Å². The number of amides is 5. The number of hydrogen-bond donors (Lipinski definition) is 4. The minimum absolute atomic E-state index is 0.130. The molecule has 51 heavy (non-hydrogen) atoms. The molecule has 2 heterocycles. The predicted octanol–water partition coefficient (Wildman–Crippen LogP) is 4.16. The highest BCUT2D eigenvalue weighted by Gasteiger charge is 2.49. The summed E-state index contributed by atoms with van der Waals surface area (Å²) in [6.07, 6.45) is 10.9. The first-order chi connectivity index (χ1) is 24.1. The van der Waals surface area contributed by atoms with E-state index in [2.05, 4.69) is 46.7 Å². The number of Topliss-reactive ketones (excluding diaryl/α,β-unsaturated/α-hetero) is 1. The van der Waals surface area contributed by atoms with Gasteiger partial charge in [-0.1, -0.05) is 79.7 Å². The van der Waals surface area contributed by atoms with Crippen molar-refractivity contribution in [2.75, 3.05) is 13.1 Å². The van der Waals surface area contributed by atoms with Crippen LogP contribution in [0.3, 0.4) is 0 Å². The van der Waals surface area contributed by atoms with E-state index in [-0.39, 0.29) is 29.3 Å². The molecule has 4 rings (SSSR count). The van der Waals surface area contributed by atoms with E-state index in [1.807, 2.05) is 27.7 Å².